The van der Waals surface area contributed by atoms with Crippen LogP contribution in [0.5, 0.6) is 5.75 Å². The van der Waals surface area contributed by atoms with E-state index < -0.39 is 23.4 Å². The summed E-state index contributed by atoms with van der Waals surface area (Å²) in [6, 6.07) is 11.3. The molecule has 2 aliphatic heterocycles. The van der Waals surface area contributed by atoms with E-state index in [-0.39, 0.29) is 38.1 Å². The minimum atomic E-state index is -4.33. The van der Waals surface area contributed by atoms with Crippen LogP contribution in [0.25, 0.3) is 10.9 Å². The molecule has 6 rings (SSSR count). The van der Waals surface area contributed by atoms with Gasteiger partial charge in [0.25, 0.3) is 0 Å². The Morgan fingerprint density at radius 3 is 2.71 bits per heavy atom. The number of carbonyl (C=O) groups is 2. The molecule has 1 aromatic heterocycles. The Labute approximate surface area is 225 Å². The molecular formula is C27H26BrF3N4O3. The first kappa shape index (κ1) is 25.2. The minimum Gasteiger partial charge on any atom is -0.490 e. The van der Waals surface area contributed by atoms with Crippen LogP contribution in [0.1, 0.15) is 37.7 Å². The third-order valence-corrected chi connectivity index (χ3v) is 8.87. The molecule has 1 N–H and O–H groups in total. The van der Waals surface area contributed by atoms with Crippen molar-refractivity contribution >= 4 is 44.3 Å². The van der Waals surface area contributed by atoms with Crippen LogP contribution in [0.3, 0.4) is 0 Å². The maximum atomic E-state index is 14.0. The van der Waals surface area contributed by atoms with Gasteiger partial charge in [-0.15, -0.1) is 0 Å². The quantitative estimate of drug-likeness (QED) is 0.445. The van der Waals surface area contributed by atoms with Gasteiger partial charge in [-0.05, 0) is 62.4 Å². The zero-order valence-corrected chi connectivity index (χ0v) is 22.0. The summed E-state index contributed by atoms with van der Waals surface area (Å²) in [5.41, 5.74) is 1.62. The van der Waals surface area contributed by atoms with Crippen LogP contribution in [0.4, 0.5) is 18.9 Å². The smallest absolute Gasteiger partial charge is 0.393 e. The number of alkyl halides is 3. The number of nitrogens with zero attached hydrogens (tertiary/aromatic N) is 3. The molecule has 11 heteroatoms. The van der Waals surface area contributed by atoms with Crippen LogP contribution < -0.4 is 9.64 Å². The normalized spacial score (nSPS) is 25.4. The van der Waals surface area contributed by atoms with Gasteiger partial charge in [-0.1, -0.05) is 22.0 Å². The standard InChI is InChI=1S/C27H26BrF3N4O3/c28-20-2-1-3-22-24(20)26(25(37)35(22)15-23(36)34-11-8-17(14-34)27(29,30)31)9-6-18(7-10-26)38-19-4-5-21-16(12-19)13-32-33-21/h1-5,12-13,17-18H,6-11,14-15H2,(H,32,33). The van der Waals surface area contributed by atoms with Gasteiger partial charge in [-0.3, -0.25) is 14.7 Å². The molecule has 38 heavy (non-hydrogen) atoms. The molecule has 1 spiro atoms. The van der Waals surface area contributed by atoms with Crippen LogP contribution in [-0.4, -0.2) is 58.8 Å². The summed E-state index contributed by atoms with van der Waals surface area (Å²) in [7, 11) is 0. The number of hydrogen-bond acceptors (Lipinski definition) is 4. The number of rotatable bonds is 4. The van der Waals surface area contributed by atoms with Crippen molar-refractivity contribution in [2.75, 3.05) is 24.5 Å². The Morgan fingerprint density at radius 1 is 1.18 bits per heavy atom. The summed E-state index contributed by atoms with van der Waals surface area (Å²) in [5.74, 6) is -1.40. The number of nitrogens with one attached hydrogen (secondary N) is 1. The number of fused-ring (bicyclic) bond motifs is 3. The zero-order valence-electron chi connectivity index (χ0n) is 20.4. The summed E-state index contributed by atoms with van der Waals surface area (Å²) in [6.45, 7) is -0.575. The molecule has 1 unspecified atom stereocenters. The number of benzene rings is 2. The predicted molar refractivity (Wildman–Crippen MR) is 138 cm³/mol. The first-order valence-electron chi connectivity index (χ1n) is 12.7. The number of H-pyrrole nitrogens is 1. The fourth-order valence-electron chi connectivity index (χ4n) is 6.18. The van der Waals surface area contributed by atoms with Gasteiger partial charge >= 0.3 is 6.18 Å². The summed E-state index contributed by atoms with van der Waals surface area (Å²) in [5, 5.41) is 7.91. The highest BCUT2D eigenvalue weighted by Gasteiger charge is 2.54. The van der Waals surface area contributed by atoms with Crippen molar-refractivity contribution in [3.8, 4) is 5.75 Å². The SMILES string of the molecule is O=C(CN1C(=O)C2(CCC(Oc3ccc4[nH]ncc4c3)CC2)c2c(Br)cccc21)N1CCC(C(F)(F)F)C1. The predicted octanol–water partition coefficient (Wildman–Crippen LogP) is 5.34. The Kier molecular flexibility index (Phi) is 6.16. The molecule has 1 aliphatic carbocycles. The lowest BCUT2D eigenvalue weighted by atomic mass is 9.69. The summed E-state index contributed by atoms with van der Waals surface area (Å²) in [4.78, 5) is 29.7. The van der Waals surface area contributed by atoms with Crippen LogP contribution in [0, 0.1) is 5.92 Å². The van der Waals surface area contributed by atoms with E-state index in [4.69, 9.17) is 4.74 Å². The largest absolute Gasteiger partial charge is 0.490 e. The van der Waals surface area contributed by atoms with Gasteiger partial charge in [-0.2, -0.15) is 18.3 Å². The number of hydrogen-bond donors (Lipinski definition) is 1. The van der Waals surface area contributed by atoms with E-state index in [9.17, 15) is 22.8 Å². The average molecular weight is 591 g/mol. The third kappa shape index (κ3) is 4.24. The molecule has 1 saturated heterocycles. The molecule has 3 aliphatic rings. The Balaban J connectivity index is 1.19. The molecular weight excluding hydrogens is 565 g/mol. The number of aromatic nitrogens is 2. The molecule has 200 valence electrons. The molecule has 1 atom stereocenters. The second-order valence-corrected chi connectivity index (χ2v) is 11.3. The van der Waals surface area contributed by atoms with Crippen LogP contribution in [-0.2, 0) is 15.0 Å². The minimum absolute atomic E-state index is 0.0468. The van der Waals surface area contributed by atoms with E-state index in [0.717, 1.165) is 26.7 Å². The number of halogens is 4. The van der Waals surface area contributed by atoms with E-state index in [0.29, 0.717) is 31.4 Å². The maximum Gasteiger partial charge on any atom is 0.393 e. The lowest BCUT2D eigenvalue weighted by Gasteiger charge is -2.36. The molecule has 7 nitrogen and oxygen atoms in total. The number of ether oxygens (including phenoxy) is 1. The monoisotopic (exact) mass is 590 g/mol. The first-order valence-corrected chi connectivity index (χ1v) is 13.5. The fourth-order valence-corrected chi connectivity index (χ4v) is 6.92. The average Bonchev–Trinajstić information content (AvgIpc) is 3.61. The van der Waals surface area contributed by atoms with Crippen molar-refractivity contribution < 1.29 is 27.5 Å². The number of amides is 2. The van der Waals surface area contributed by atoms with Crippen molar-refractivity contribution in [1.82, 2.24) is 15.1 Å². The first-order chi connectivity index (χ1) is 18.2. The number of aromatic amines is 1. The maximum absolute atomic E-state index is 14.0. The molecule has 0 radical (unpaired) electrons. The number of carbonyl (C=O) groups excluding carboxylic acids is 2. The van der Waals surface area contributed by atoms with E-state index in [2.05, 4.69) is 26.1 Å². The Morgan fingerprint density at radius 2 is 1.97 bits per heavy atom. The van der Waals surface area contributed by atoms with Gasteiger partial charge < -0.3 is 14.5 Å². The Hall–Kier alpha value is -3.08. The van der Waals surface area contributed by atoms with Crippen molar-refractivity contribution in [3.63, 3.8) is 0 Å². The highest BCUT2D eigenvalue weighted by Crippen LogP contribution is 2.53. The number of likely N-dealkylation sites (tertiary alicyclic amines) is 1. The summed E-state index contributed by atoms with van der Waals surface area (Å²) in [6.07, 6.45) is -0.368. The van der Waals surface area contributed by atoms with Gasteiger partial charge in [0.15, 0.2) is 0 Å². The van der Waals surface area contributed by atoms with Crippen molar-refractivity contribution in [1.29, 1.82) is 0 Å². The summed E-state index contributed by atoms with van der Waals surface area (Å²) < 4.78 is 46.5. The zero-order chi connectivity index (χ0) is 26.7. The van der Waals surface area contributed by atoms with Gasteiger partial charge in [-0.25, -0.2) is 0 Å². The van der Waals surface area contributed by atoms with E-state index in [1.807, 2.05) is 36.4 Å². The summed E-state index contributed by atoms with van der Waals surface area (Å²) >= 11 is 3.62. The Bertz CT molecular complexity index is 1400. The highest BCUT2D eigenvalue weighted by molar-refractivity contribution is 9.10. The molecule has 1 saturated carbocycles. The molecule has 3 heterocycles. The molecule has 3 aromatic rings. The molecule has 2 fully saturated rings. The van der Waals surface area contributed by atoms with Crippen LogP contribution >= 0.6 is 15.9 Å². The van der Waals surface area contributed by atoms with Crippen LogP contribution in [0.15, 0.2) is 47.1 Å². The third-order valence-electron chi connectivity index (χ3n) is 8.21. The molecule has 0 bridgehead atoms. The highest BCUT2D eigenvalue weighted by atomic mass is 79.9. The van der Waals surface area contributed by atoms with E-state index >= 15 is 0 Å². The molecule has 2 aromatic carbocycles. The lowest BCUT2D eigenvalue weighted by Crippen LogP contribution is -2.48. The van der Waals surface area contributed by atoms with Crippen molar-refractivity contribution in [2.24, 2.45) is 5.92 Å². The van der Waals surface area contributed by atoms with Gasteiger partial charge in [0, 0.05) is 34.2 Å². The fraction of sp³-hybridized carbons (Fsp3) is 0.444. The van der Waals surface area contributed by atoms with Gasteiger partial charge in [0.2, 0.25) is 11.8 Å². The second kappa shape index (κ2) is 9.29. The topological polar surface area (TPSA) is 78.5 Å². The second-order valence-electron chi connectivity index (χ2n) is 10.4. The van der Waals surface area contributed by atoms with Crippen molar-refractivity contribution in [3.05, 3.63) is 52.6 Å². The van der Waals surface area contributed by atoms with Gasteiger partial charge in [0.1, 0.15) is 12.3 Å². The number of anilines is 1. The van der Waals surface area contributed by atoms with Gasteiger partial charge in [0.05, 0.1) is 29.2 Å². The van der Waals surface area contributed by atoms with E-state index in [1.54, 1.807) is 6.20 Å². The van der Waals surface area contributed by atoms with E-state index in [1.165, 1.54) is 9.80 Å². The van der Waals surface area contributed by atoms with Crippen LogP contribution in [0.2, 0.25) is 0 Å². The molecule has 2 amide bonds. The van der Waals surface area contributed by atoms with Crippen molar-refractivity contribution in [2.45, 2.75) is 49.8 Å². The lowest BCUT2D eigenvalue weighted by molar-refractivity contribution is -0.171.